The number of rotatable bonds is 4. The summed E-state index contributed by atoms with van der Waals surface area (Å²) in [6, 6.07) is 0. The van der Waals surface area contributed by atoms with Gasteiger partial charge in [0, 0.05) is 0 Å². The zero-order chi connectivity index (χ0) is 9.07. The van der Waals surface area contributed by atoms with Crippen molar-refractivity contribution in [3.63, 3.8) is 0 Å². The van der Waals surface area contributed by atoms with Crippen molar-refractivity contribution in [1.82, 2.24) is 0 Å². The van der Waals surface area contributed by atoms with Crippen molar-refractivity contribution in [2.24, 2.45) is 5.92 Å². The maximum absolute atomic E-state index is 10.8. The Morgan fingerprint density at radius 2 is 2.18 bits per heavy atom. The minimum absolute atomic E-state index is 0.329. The predicted molar refractivity (Wildman–Crippen MR) is 48.6 cm³/mol. The van der Waals surface area contributed by atoms with E-state index in [4.69, 9.17) is 5.11 Å². The molecule has 11 heavy (non-hydrogen) atoms. The molecule has 0 saturated carbocycles. The van der Waals surface area contributed by atoms with E-state index in [1.807, 2.05) is 13.8 Å². The van der Waals surface area contributed by atoms with Crippen molar-refractivity contribution in [3.8, 4) is 0 Å². The fourth-order valence-corrected chi connectivity index (χ4v) is 1.59. The number of hydrogen-bond acceptors (Lipinski definition) is 1. The Morgan fingerprint density at radius 3 is 2.45 bits per heavy atom. The Balaban J connectivity index is 4.17. The van der Waals surface area contributed by atoms with Gasteiger partial charge >= 0.3 is 83.2 Å². The summed E-state index contributed by atoms with van der Waals surface area (Å²) in [5, 5.41) is 8.88. The second-order valence-corrected chi connectivity index (χ2v) is 7.94. The van der Waals surface area contributed by atoms with Crippen molar-refractivity contribution in [3.05, 3.63) is 0 Å². The van der Waals surface area contributed by atoms with Crippen LogP contribution in [0.4, 0.5) is 0 Å². The fourth-order valence-electron chi connectivity index (χ4n) is 0.944. The fraction of sp³-hybridized carbons (Fsp3) is 0.875. The Labute approximate surface area is 83.2 Å². The van der Waals surface area contributed by atoms with E-state index in [0.717, 1.165) is 12.8 Å². The van der Waals surface area contributed by atoms with Crippen LogP contribution in [0.15, 0.2) is 0 Å². The van der Waals surface area contributed by atoms with Gasteiger partial charge in [-0.2, -0.15) is 0 Å². The zero-order valence-electron chi connectivity index (χ0n) is 7.42. The van der Waals surface area contributed by atoms with E-state index >= 15 is 0 Å². The molecule has 3 heteroatoms. The molecule has 66 valence electrons. The first-order chi connectivity index (χ1) is 4.92. The van der Waals surface area contributed by atoms with Crippen LogP contribution in [0.25, 0.3) is 0 Å². The molecule has 0 aliphatic carbocycles. The first kappa shape index (κ1) is 11.4. The van der Waals surface area contributed by atoms with Crippen LogP contribution in [0.3, 0.4) is 0 Å². The van der Waals surface area contributed by atoms with Crippen LogP contribution in [0.5, 0.6) is 0 Å². The van der Waals surface area contributed by atoms with Crippen LogP contribution >= 0.6 is 0 Å². The first-order valence-electron chi connectivity index (χ1n) is 3.95. The van der Waals surface area contributed by atoms with E-state index in [0.29, 0.717) is 30.6 Å². The van der Waals surface area contributed by atoms with E-state index in [1.165, 1.54) is 0 Å². The molecular formula is C8H17BiO2. The standard InChI is InChI=1S/C8H15O2.Bi.2H/c1-4-5-6(2)7(3)8(9)10;;;/h6H,4-5H2,1-3H3,(H,9,10);;;. The van der Waals surface area contributed by atoms with E-state index < -0.39 is 9.09 Å². The summed E-state index contributed by atoms with van der Waals surface area (Å²) in [6.07, 6.45) is 2.11. The van der Waals surface area contributed by atoms with Gasteiger partial charge in [0.25, 0.3) is 0 Å². The second kappa shape index (κ2) is 4.40. The molecule has 2 unspecified atom stereocenters. The van der Waals surface area contributed by atoms with E-state index in [-0.39, 0.29) is 0 Å². The average molecular weight is 354 g/mol. The van der Waals surface area contributed by atoms with Gasteiger partial charge in [0.15, 0.2) is 0 Å². The number of carbonyl (C=O) groups is 1. The Bertz CT molecular complexity index is 143. The van der Waals surface area contributed by atoms with Crippen molar-refractivity contribution >= 4 is 30.7 Å². The molecule has 0 aliphatic rings. The van der Waals surface area contributed by atoms with Gasteiger partial charge < -0.3 is 0 Å². The monoisotopic (exact) mass is 354 g/mol. The summed E-state index contributed by atoms with van der Waals surface area (Å²) in [5.41, 5.74) is 0. The summed E-state index contributed by atoms with van der Waals surface area (Å²) in [6.45, 7) is 6.00. The third-order valence-corrected chi connectivity index (χ3v) is 5.38. The number of aliphatic carboxylic acids is 1. The average Bonchev–Trinajstić information content (AvgIpc) is 1.88. The van der Waals surface area contributed by atoms with Crippen molar-refractivity contribution in [1.29, 1.82) is 0 Å². The van der Waals surface area contributed by atoms with Gasteiger partial charge in [0.05, 0.1) is 0 Å². The molecule has 1 N–H and O–H groups in total. The third-order valence-electron chi connectivity index (χ3n) is 2.21. The van der Waals surface area contributed by atoms with Gasteiger partial charge in [-0.25, -0.2) is 0 Å². The molecule has 2 nitrogen and oxygen atoms in total. The summed E-state index contributed by atoms with van der Waals surface area (Å²) in [5.74, 6) is -0.293. The molecule has 0 aliphatic heterocycles. The first-order valence-corrected chi connectivity index (χ1v) is 6.19. The molecule has 0 aromatic heterocycles. The van der Waals surface area contributed by atoms with Gasteiger partial charge in [0.2, 0.25) is 0 Å². The predicted octanol–water partition coefficient (Wildman–Crippen LogP) is 1.32. The van der Waals surface area contributed by atoms with Crippen LogP contribution in [0.2, 0.25) is 3.12 Å². The van der Waals surface area contributed by atoms with Crippen molar-refractivity contribution < 1.29 is 9.90 Å². The summed E-state index contributed by atoms with van der Waals surface area (Å²) in [4.78, 5) is 10.8. The number of hydrogen-bond donors (Lipinski definition) is 1. The van der Waals surface area contributed by atoms with E-state index in [1.54, 1.807) is 0 Å². The van der Waals surface area contributed by atoms with E-state index in [9.17, 15) is 4.79 Å². The van der Waals surface area contributed by atoms with Gasteiger partial charge in [0.1, 0.15) is 0 Å². The molecule has 0 rings (SSSR count). The van der Waals surface area contributed by atoms with Crippen LogP contribution in [-0.2, 0) is 4.79 Å². The Hall–Kier alpha value is 0.353. The molecule has 0 aromatic rings. The Kier molecular flexibility index (Phi) is 4.54. The van der Waals surface area contributed by atoms with Crippen LogP contribution < -0.4 is 0 Å². The van der Waals surface area contributed by atoms with Gasteiger partial charge in [-0.15, -0.1) is 0 Å². The summed E-state index contributed by atoms with van der Waals surface area (Å²) in [7, 11) is 0. The van der Waals surface area contributed by atoms with Crippen LogP contribution in [0, 0.1) is 5.92 Å². The van der Waals surface area contributed by atoms with Crippen LogP contribution in [0.1, 0.15) is 33.6 Å². The minimum atomic E-state index is -0.622. The van der Waals surface area contributed by atoms with Crippen LogP contribution in [-0.4, -0.2) is 35.8 Å². The Morgan fingerprint density at radius 1 is 1.73 bits per heavy atom. The van der Waals surface area contributed by atoms with E-state index in [2.05, 4.69) is 6.92 Å². The van der Waals surface area contributed by atoms with Gasteiger partial charge in [-0.1, -0.05) is 0 Å². The van der Waals surface area contributed by atoms with Crippen molar-refractivity contribution in [2.75, 3.05) is 0 Å². The summed E-state index contributed by atoms with van der Waals surface area (Å²) >= 11 is 0.520. The molecule has 0 saturated heterocycles. The zero-order valence-corrected chi connectivity index (χ0v) is 11.9. The molecule has 0 radical (unpaired) electrons. The van der Waals surface area contributed by atoms with Crippen molar-refractivity contribution in [2.45, 2.75) is 36.7 Å². The quantitative estimate of drug-likeness (QED) is 0.774. The topological polar surface area (TPSA) is 37.3 Å². The normalized spacial score (nSPS) is 18.9. The number of carboxylic acid groups (broad SMARTS) is 1. The molecular weight excluding hydrogens is 337 g/mol. The summed E-state index contributed by atoms with van der Waals surface area (Å²) < 4.78 is -0.407. The molecule has 0 fully saturated rings. The molecule has 0 heterocycles. The molecule has 2 atom stereocenters. The number of carboxylic acids is 1. The van der Waals surface area contributed by atoms with Gasteiger partial charge in [-0.3, -0.25) is 0 Å². The maximum atomic E-state index is 10.8. The second-order valence-electron chi connectivity index (χ2n) is 3.28. The SMILES string of the molecule is CCCC(C)[C](C)([BiH2])C(=O)O. The molecule has 0 aromatic carbocycles. The molecule has 0 amide bonds. The third kappa shape index (κ3) is 3.06. The molecule has 0 spiro atoms. The molecule has 0 bridgehead atoms. The van der Waals surface area contributed by atoms with Gasteiger partial charge in [-0.05, 0) is 0 Å².